The second-order valence-electron chi connectivity index (χ2n) is 3.59. The summed E-state index contributed by atoms with van der Waals surface area (Å²) in [6.07, 6.45) is 1.57. The van der Waals surface area contributed by atoms with Crippen LogP contribution in [0.2, 0.25) is 0 Å². The first-order valence-corrected chi connectivity index (χ1v) is 7.61. The molecule has 0 amide bonds. The zero-order valence-electron chi connectivity index (χ0n) is 9.66. The number of nitrogens with zero attached hydrogens (tertiary/aromatic N) is 1. The molecule has 0 aliphatic heterocycles. The van der Waals surface area contributed by atoms with Crippen LogP contribution in [0, 0.1) is 0 Å². The Bertz CT molecular complexity index is 636. The van der Waals surface area contributed by atoms with Crippen molar-refractivity contribution in [2.75, 3.05) is 12.8 Å². The van der Waals surface area contributed by atoms with Crippen LogP contribution in [0.3, 0.4) is 0 Å². The zero-order valence-corrected chi connectivity index (χ0v) is 11.3. The third kappa shape index (κ3) is 2.62. The molecule has 96 valence electrons. The fourth-order valence-corrected chi connectivity index (χ4v) is 3.89. The molecule has 0 radical (unpaired) electrons. The predicted molar refractivity (Wildman–Crippen MR) is 70.4 cm³/mol. The summed E-state index contributed by atoms with van der Waals surface area (Å²) < 4.78 is 29.4. The molecule has 2 N–H and O–H groups in total. The van der Waals surface area contributed by atoms with Crippen LogP contribution in [0.4, 0.5) is 5.69 Å². The summed E-state index contributed by atoms with van der Waals surface area (Å²) in [4.78, 5) is 4.05. The van der Waals surface area contributed by atoms with Gasteiger partial charge in [0.15, 0.2) is 9.84 Å². The minimum absolute atomic E-state index is 0.0806. The van der Waals surface area contributed by atoms with Crippen molar-refractivity contribution in [1.82, 2.24) is 4.98 Å². The smallest absolute Gasteiger partial charge is 0.187 e. The summed E-state index contributed by atoms with van der Waals surface area (Å²) in [6, 6.07) is 4.57. The Morgan fingerprint density at radius 2 is 2.22 bits per heavy atom. The van der Waals surface area contributed by atoms with Crippen LogP contribution in [-0.2, 0) is 15.6 Å². The molecule has 0 atom stereocenters. The van der Waals surface area contributed by atoms with Crippen molar-refractivity contribution in [3.8, 4) is 5.75 Å². The first-order chi connectivity index (χ1) is 8.53. The second kappa shape index (κ2) is 4.95. The van der Waals surface area contributed by atoms with Crippen LogP contribution >= 0.6 is 11.3 Å². The van der Waals surface area contributed by atoms with Crippen molar-refractivity contribution in [1.29, 1.82) is 0 Å². The lowest BCUT2D eigenvalue weighted by Crippen LogP contribution is -2.08. The lowest BCUT2D eigenvalue weighted by Gasteiger charge is -2.08. The maximum atomic E-state index is 12.2. The van der Waals surface area contributed by atoms with E-state index in [1.165, 1.54) is 30.6 Å². The molecule has 0 bridgehead atoms. The first-order valence-electron chi connectivity index (χ1n) is 5.07. The topological polar surface area (TPSA) is 82.3 Å². The van der Waals surface area contributed by atoms with Gasteiger partial charge in [0.05, 0.1) is 17.7 Å². The zero-order chi connectivity index (χ0) is 13.2. The fourth-order valence-electron chi connectivity index (χ4n) is 1.48. The van der Waals surface area contributed by atoms with Gasteiger partial charge in [-0.3, -0.25) is 0 Å². The van der Waals surface area contributed by atoms with E-state index in [-0.39, 0.29) is 16.3 Å². The summed E-state index contributed by atoms with van der Waals surface area (Å²) in [5, 5.41) is 2.27. The number of nitrogens with two attached hydrogens (primary N) is 1. The molecule has 5 nitrogen and oxygen atoms in total. The van der Waals surface area contributed by atoms with Gasteiger partial charge in [0.2, 0.25) is 0 Å². The summed E-state index contributed by atoms with van der Waals surface area (Å²) in [6.45, 7) is 0. The molecule has 0 unspecified atom stereocenters. The maximum absolute atomic E-state index is 12.2. The van der Waals surface area contributed by atoms with E-state index in [2.05, 4.69) is 4.98 Å². The number of hydrogen-bond acceptors (Lipinski definition) is 6. The summed E-state index contributed by atoms with van der Waals surface area (Å²) in [5.74, 6) is 0.309. The van der Waals surface area contributed by atoms with E-state index in [9.17, 15) is 8.42 Å². The molecule has 0 fully saturated rings. The van der Waals surface area contributed by atoms with Crippen LogP contribution in [0.5, 0.6) is 5.75 Å². The largest absolute Gasteiger partial charge is 0.497 e. The van der Waals surface area contributed by atoms with Crippen molar-refractivity contribution in [3.63, 3.8) is 0 Å². The Hall–Kier alpha value is -1.60. The maximum Gasteiger partial charge on any atom is 0.187 e. The van der Waals surface area contributed by atoms with Gasteiger partial charge < -0.3 is 10.5 Å². The number of hydrogen-bond donors (Lipinski definition) is 1. The highest BCUT2D eigenvalue weighted by atomic mass is 32.2. The fraction of sp³-hybridized carbons (Fsp3) is 0.182. The molecule has 1 aromatic carbocycles. The monoisotopic (exact) mass is 284 g/mol. The van der Waals surface area contributed by atoms with Gasteiger partial charge in [-0.1, -0.05) is 0 Å². The van der Waals surface area contributed by atoms with E-state index in [0.717, 1.165) is 0 Å². The molecule has 0 aliphatic carbocycles. The van der Waals surface area contributed by atoms with Crippen molar-refractivity contribution in [2.24, 2.45) is 0 Å². The van der Waals surface area contributed by atoms with Crippen LogP contribution in [0.1, 0.15) is 5.01 Å². The molecule has 0 saturated carbocycles. The summed E-state index contributed by atoms with van der Waals surface area (Å²) in [7, 11) is -2.03. The molecule has 18 heavy (non-hydrogen) atoms. The Kier molecular flexibility index (Phi) is 3.53. The van der Waals surface area contributed by atoms with Crippen molar-refractivity contribution < 1.29 is 13.2 Å². The molecule has 1 heterocycles. The van der Waals surface area contributed by atoms with Crippen LogP contribution in [0.15, 0.2) is 34.7 Å². The van der Waals surface area contributed by atoms with Crippen LogP contribution < -0.4 is 10.5 Å². The Morgan fingerprint density at radius 1 is 1.44 bits per heavy atom. The van der Waals surface area contributed by atoms with Crippen molar-refractivity contribution >= 4 is 26.9 Å². The normalized spacial score (nSPS) is 11.4. The SMILES string of the molecule is COc1ccc(N)c(S(=O)(=O)Cc2nccs2)c1. The average Bonchev–Trinajstić information content (AvgIpc) is 2.81. The highest BCUT2D eigenvalue weighted by molar-refractivity contribution is 7.91. The number of benzene rings is 1. The summed E-state index contributed by atoms with van der Waals surface area (Å²) >= 11 is 1.30. The van der Waals surface area contributed by atoms with Crippen LogP contribution in [-0.4, -0.2) is 20.5 Å². The van der Waals surface area contributed by atoms with Gasteiger partial charge in [0.25, 0.3) is 0 Å². The first kappa shape index (κ1) is 12.8. The van der Waals surface area contributed by atoms with Gasteiger partial charge in [0, 0.05) is 17.6 Å². The number of nitrogen functional groups attached to an aromatic ring is 1. The standard InChI is InChI=1S/C11H12N2O3S2/c1-16-8-2-3-9(12)10(6-8)18(14,15)7-11-13-4-5-17-11/h2-6H,7,12H2,1H3. The van der Waals surface area contributed by atoms with Crippen LogP contribution in [0.25, 0.3) is 0 Å². The van der Waals surface area contributed by atoms with E-state index in [1.807, 2.05) is 0 Å². The molecule has 2 rings (SSSR count). The number of sulfone groups is 1. The predicted octanol–water partition coefficient (Wildman–Crippen LogP) is 1.71. The van der Waals surface area contributed by atoms with Gasteiger partial charge in [-0.2, -0.15) is 0 Å². The van der Waals surface area contributed by atoms with Crippen molar-refractivity contribution in [2.45, 2.75) is 10.6 Å². The van der Waals surface area contributed by atoms with Gasteiger partial charge in [-0.15, -0.1) is 11.3 Å². The molecule has 0 saturated heterocycles. The second-order valence-corrected chi connectivity index (χ2v) is 6.53. The molecule has 0 aliphatic rings. The highest BCUT2D eigenvalue weighted by Gasteiger charge is 2.20. The minimum atomic E-state index is -3.50. The lowest BCUT2D eigenvalue weighted by atomic mass is 10.3. The van der Waals surface area contributed by atoms with E-state index in [4.69, 9.17) is 10.5 Å². The highest BCUT2D eigenvalue weighted by Crippen LogP contribution is 2.27. The van der Waals surface area contributed by atoms with Crippen molar-refractivity contribution in [3.05, 3.63) is 34.8 Å². The van der Waals surface area contributed by atoms with Gasteiger partial charge in [0.1, 0.15) is 16.5 Å². The number of methoxy groups -OCH3 is 1. The Labute approximate surface area is 109 Å². The number of thiazole rings is 1. The Balaban J connectivity index is 2.40. The third-order valence-electron chi connectivity index (χ3n) is 2.35. The average molecular weight is 284 g/mol. The molecule has 0 spiro atoms. The van der Waals surface area contributed by atoms with E-state index >= 15 is 0 Å². The molecule has 1 aromatic heterocycles. The van der Waals surface area contributed by atoms with Gasteiger partial charge in [-0.25, -0.2) is 13.4 Å². The number of rotatable bonds is 4. The number of aromatic nitrogens is 1. The molecular weight excluding hydrogens is 272 g/mol. The van der Waals surface area contributed by atoms with Gasteiger partial charge in [-0.05, 0) is 12.1 Å². The third-order valence-corrected chi connectivity index (χ3v) is 4.99. The summed E-state index contributed by atoms with van der Waals surface area (Å²) in [5.41, 5.74) is 5.92. The van der Waals surface area contributed by atoms with Gasteiger partial charge >= 0.3 is 0 Å². The number of ether oxygens (including phenoxy) is 1. The lowest BCUT2D eigenvalue weighted by molar-refractivity contribution is 0.413. The molecule has 7 heteroatoms. The van der Waals surface area contributed by atoms with E-state index in [1.54, 1.807) is 17.6 Å². The molecular formula is C11H12N2O3S2. The minimum Gasteiger partial charge on any atom is -0.497 e. The number of anilines is 1. The Morgan fingerprint density at radius 3 is 2.83 bits per heavy atom. The van der Waals surface area contributed by atoms with E-state index in [0.29, 0.717) is 10.8 Å². The van der Waals surface area contributed by atoms with E-state index < -0.39 is 9.84 Å². The quantitative estimate of drug-likeness (QED) is 0.864. The molecule has 2 aromatic rings.